The SMILES string of the molecule is CCCCCC/C=C/C=C/C(=O)SCCNC(=O)CCNC(=O)C(O)C(C)(C)COP(=O)(O)OP(=O)(O)OCC1OC(n2cnc3c(N)ncnc32)C(O)C1OP(=O)(O)O. The van der Waals surface area contributed by atoms with Crippen LogP contribution < -0.4 is 16.4 Å². The molecule has 0 aliphatic carbocycles. The van der Waals surface area contributed by atoms with Gasteiger partial charge in [-0.05, 0) is 18.9 Å². The summed E-state index contributed by atoms with van der Waals surface area (Å²) in [5.41, 5.74) is 4.26. The van der Waals surface area contributed by atoms with Crippen LogP contribution in [0.25, 0.3) is 11.2 Å². The second kappa shape index (κ2) is 23.5. The van der Waals surface area contributed by atoms with Crippen molar-refractivity contribution in [1.82, 2.24) is 30.2 Å². The molecule has 1 fully saturated rings. The summed E-state index contributed by atoms with van der Waals surface area (Å²) >= 11 is 1.02. The third kappa shape index (κ3) is 17.1. The summed E-state index contributed by atoms with van der Waals surface area (Å²) in [6, 6.07) is 0. The van der Waals surface area contributed by atoms with E-state index < -0.39 is 84.6 Å². The lowest BCUT2D eigenvalue weighted by molar-refractivity contribution is -0.137. The number of carbonyl (C=O) groups is 3. The first kappa shape index (κ1) is 51.4. The van der Waals surface area contributed by atoms with Crippen molar-refractivity contribution in [2.45, 2.75) is 89.9 Å². The van der Waals surface area contributed by atoms with Crippen LogP contribution in [0.4, 0.5) is 5.82 Å². The van der Waals surface area contributed by atoms with Crippen molar-refractivity contribution in [1.29, 1.82) is 0 Å². The summed E-state index contributed by atoms with van der Waals surface area (Å²) in [7, 11) is -16.4. The molecule has 338 valence electrons. The van der Waals surface area contributed by atoms with Crippen LogP contribution in [0.5, 0.6) is 0 Å². The van der Waals surface area contributed by atoms with Crippen molar-refractivity contribution in [2.24, 2.45) is 5.41 Å². The van der Waals surface area contributed by atoms with Gasteiger partial charge >= 0.3 is 23.5 Å². The van der Waals surface area contributed by atoms with Crippen LogP contribution in [0.15, 0.2) is 37.0 Å². The number of carbonyl (C=O) groups excluding carboxylic acids is 3. The van der Waals surface area contributed by atoms with Crippen LogP contribution in [0.3, 0.4) is 0 Å². The monoisotopic (exact) mass is 931 g/mol. The van der Waals surface area contributed by atoms with Gasteiger partial charge < -0.3 is 50.9 Å². The quantitative estimate of drug-likeness (QED) is 0.0281. The molecule has 3 rings (SSSR count). The first-order chi connectivity index (χ1) is 28.1. The molecule has 3 heterocycles. The maximum absolute atomic E-state index is 12.7. The van der Waals surface area contributed by atoms with E-state index in [4.69, 9.17) is 19.5 Å². The molecular weight excluding hydrogens is 879 g/mol. The number of thioether (sulfide) groups is 1. The largest absolute Gasteiger partial charge is 0.481 e. The Morgan fingerprint density at radius 1 is 1.03 bits per heavy atom. The molecule has 24 nitrogen and oxygen atoms in total. The number of aliphatic hydroxyl groups is 2. The van der Waals surface area contributed by atoms with E-state index in [1.807, 2.05) is 12.2 Å². The van der Waals surface area contributed by atoms with E-state index in [1.165, 1.54) is 39.2 Å². The van der Waals surface area contributed by atoms with Crippen molar-refractivity contribution in [2.75, 3.05) is 37.8 Å². The van der Waals surface area contributed by atoms with Crippen LogP contribution in [-0.2, 0) is 50.7 Å². The second-order valence-corrected chi connectivity index (χ2v) is 19.2. The van der Waals surface area contributed by atoms with Gasteiger partial charge in [-0.25, -0.2) is 28.6 Å². The number of nitrogens with zero attached hydrogens (tertiary/aromatic N) is 4. The molecule has 2 aromatic rings. The Labute approximate surface area is 349 Å². The number of hydrogen-bond donors (Lipinski definition) is 9. The van der Waals surface area contributed by atoms with Crippen molar-refractivity contribution in [3.63, 3.8) is 0 Å². The number of rotatable bonds is 26. The average molecular weight is 932 g/mol. The molecule has 2 aromatic heterocycles. The summed E-state index contributed by atoms with van der Waals surface area (Å²) in [5.74, 6) is -1.15. The molecule has 1 aliphatic heterocycles. The van der Waals surface area contributed by atoms with Gasteiger partial charge in [0.25, 0.3) is 0 Å². The summed E-state index contributed by atoms with van der Waals surface area (Å²) in [4.78, 5) is 87.7. The number of allylic oxidation sites excluding steroid dienone is 3. The van der Waals surface area contributed by atoms with E-state index in [9.17, 15) is 57.9 Å². The fraction of sp³-hybridized carbons (Fsp3) is 0.625. The smallest absolute Gasteiger partial charge is 0.386 e. The Balaban J connectivity index is 1.42. The van der Waals surface area contributed by atoms with Gasteiger partial charge in [0.15, 0.2) is 17.7 Å². The minimum atomic E-state index is -5.57. The number of anilines is 1. The first-order valence-corrected chi connectivity index (χ1v) is 24.0. The third-order valence-corrected chi connectivity index (χ3v) is 12.4. The number of hydrogen-bond acceptors (Lipinski definition) is 18. The molecule has 1 aliphatic rings. The number of amides is 2. The molecule has 7 atom stereocenters. The number of nitrogen functional groups attached to an aromatic ring is 1. The highest BCUT2D eigenvalue weighted by Gasteiger charge is 2.50. The predicted octanol–water partition coefficient (Wildman–Crippen LogP) is 1.75. The number of nitrogens with two attached hydrogens (primary N) is 1. The summed E-state index contributed by atoms with van der Waals surface area (Å²) in [5, 5.41) is 26.3. The summed E-state index contributed by atoms with van der Waals surface area (Å²) in [6.45, 7) is 2.62. The molecule has 0 radical (unpaired) electrons. The van der Waals surface area contributed by atoms with Crippen molar-refractivity contribution in [3.8, 4) is 0 Å². The van der Waals surface area contributed by atoms with Gasteiger partial charge in [-0.3, -0.25) is 32.5 Å². The van der Waals surface area contributed by atoms with E-state index in [0.29, 0.717) is 5.75 Å². The zero-order valence-corrected chi connectivity index (χ0v) is 36.4. The lowest BCUT2D eigenvalue weighted by Crippen LogP contribution is -2.46. The molecule has 60 heavy (non-hydrogen) atoms. The second-order valence-electron chi connectivity index (χ2n) is 13.9. The average Bonchev–Trinajstić information content (AvgIpc) is 3.72. The van der Waals surface area contributed by atoms with Crippen molar-refractivity contribution >= 4 is 69.1 Å². The first-order valence-electron chi connectivity index (χ1n) is 18.4. The Morgan fingerprint density at radius 3 is 2.45 bits per heavy atom. The van der Waals surface area contributed by atoms with E-state index in [-0.39, 0.29) is 41.6 Å². The zero-order valence-electron chi connectivity index (χ0n) is 32.9. The van der Waals surface area contributed by atoms with Crippen LogP contribution in [-0.4, -0.2) is 123 Å². The highest BCUT2D eigenvalue weighted by molar-refractivity contribution is 8.14. The number of aliphatic hydroxyl groups excluding tert-OH is 2. The fourth-order valence-electron chi connectivity index (χ4n) is 5.33. The van der Waals surface area contributed by atoms with Crippen molar-refractivity contribution in [3.05, 3.63) is 37.0 Å². The molecule has 0 aromatic carbocycles. The predicted molar refractivity (Wildman–Crippen MR) is 214 cm³/mol. The van der Waals surface area contributed by atoms with Crippen LogP contribution in [0.2, 0.25) is 0 Å². The minimum Gasteiger partial charge on any atom is -0.386 e. The van der Waals surface area contributed by atoms with Crippen LogP contribution in [0.1, 0.15) is 65.5 Å². The highest BCUT2D eigenvalue weighted by Crippen LogP contribution is 2.61. The Kier molecular flexibility index (Phi) is 20.1. The van der Waals surface area contributed by atoms with E-state index in [2.05, 4.69) is 41.3 Å². The number of fused-ring (bicyclic) bond motifs is 1. The molecule has 28 heteroatoms. The Morgan fingerprint density at radius 2 is 1.75 bits per heavy atom. The summed E-state index contributed by atoms with van der Waals surface area (Å²) in [6.07, 6.45) is 5.60. The van der Waals surface area contributed by atoms with Gasteiger partial charge in [0, 0.05) is 30.7 Å². The number of aromatic nitrogens is 4. The minimum absolute atomic E-state index is 0.0302. The van der Waals surface area contributed by atoms with Gasteiger partial charge in [0.05, 0.1) is 19.5 Å². The van der Waals surface area contributed by atoms with Gasteiger partial charge in [-0.15, -0.1) is 0 Å². The zero-order chi connectivity index (χ0) is 44.7. The summed E-state index contributed by atoms with van der Waals surface area (Å²) < 4.78 is 62.2. The molecule has 2 amide bonds. The van der Waals surface area contributed by atoms with Crippen LogP contribution >= 0.6 is 35.2 Å². The number of imidazole rings is 1. The van der Waals surface area contributed by atoms with Gasteiger partial charge in [-0.1, -0.05) is 70.0 Å². The van der Waals surface area contributed by atoms with E-state index in [0.717, 1.165) is 41.8 Å². The molecule has 0 spiro atoms. The Bertz CT molecular complexity index is 1960. The van der Waals surface area contributed by atoms with Gasteiger partial charge in [0.2, 0.25) is 16.9 Å². The van der Waals surface area contributed by atoms with Crippen LogP contribution in [0, 0.1) is 5.41 Å². The molecule has 7 unspecified atom stereocenters. The molecule has 10 N–H and O–H groups in total. The Hall–Kier alpha value is -2.96. The standard InChI is InChI=1S/C32H52N7O17P3S/c1-4-5-6-7-8-9-10-11-12-23(41)60-16-15-34-22(40)13-14-35-30(44)27(43)32(2,3)18-53-59(50,51)56-58(48,49)52-17-21-26(55-57(45,46)47)25(42)31(54-21)39-20-38-24-28(33)36-19-37-29(24)39/h9-12,19-21,25-27,31,42-43H,4-8,13-18H2,1-3H3,(H,34,40)(H,35,44)(H,48,49)(H,50,51)(H2,33,36,37)(H2,45,46,47)/b10-9+,12-11+. The highest BCUT2D eigenvalue weighted by atomic mass is 32.2. The third-order valence-electron chi connectivity index (χ3n) is 8.45. The lowest BCUT2D eigenvalue weighted by Gasteiger charge is -2.30. The van der Waals surface area contributed by atoms with Crippen molar-refractivity contribution < 1.29 is 80.5 Å². The maximum atomic E-state index is 12.7. The molecule has 1 saturated heterocycles. The van der Waals surface area contributed by atoms with E-state index in [1.54, 1.807) is 6.08 Å². The van der Waals surface area contributed by atoms with Gasteiger partial charge in [0.1, 0.15) is 36.3 Å². The maximum Gasteiger partial charge on any atom is 0.481 e. The molecular formula is C32H52N7O17P3S. The lowest BCUT2D eigenvalue weighted by atomic mass is 9.87. The van der Waals surface area contributed by atoms with E-state index >= 15 is 0 Å². The number of phosphoric acid groups is 3. The normalized spacial score (nSPS) is 21.3. The molecule has 0 saturated carbocycles. The molecule has 0 bridgehead atoms. The number of ether oxygens (including phenoxy) is 1. The number of nitrogens with one attached hydrogen (secondary N) is 2. The topological polar surface area (TPSA) is 364 Å². The van der Waals surface area contributed by atoms with Gasteiger partial charge in [-0.2, -0.15) is 4.31 Å². The fourth-order valence-corrected chi connectivity index (χ4v) is 8.74. The number of unbranched alkanes of at least 4 members (excludes halogenated alkanes) is 4. The number of phosphoric ester groups is 3.